The van der Waals surface area contributed by atoms with Gasteiger partial charge in [0.15, 0.2) is 0 Å². The molecule has 3 N–H and O–H groups in total. The van der Waals surface area contributed by atoms with Gasteiger partial charge in [0, 0.05) is 5.56 Å². The molecule has 4 nitrogen and oxygen atoms in total. The minimum absolute atomic E-state index is 0.176. The average molecular weight is 196 g/mol. The van der Waals surface area contributed by atoms with E-state index in [0.29, 0.717) is 0 Å². The van der Waals surface area contributed by atoms with E-state index in [4.69, 9.17) is 5.11 Å². The van der Waals surface area contributed by atoms with Gasteiger partial charge in [-0.05, 0) is 6.92 Å². The highest BCUT2D eigenvalue weighted by molar-refractivity contribution is 5.71. The third-order valence-corrected chi connectivity index (χ3v) is 2.17. The van der Waals surface area contributed by atoms with E-state index < -0.39 is 17.7 Å². The summed E-state index contributed by atoms with van der Waals surface area (Å²) in [4.78, 5) is 10.6. The number of carboxylic acid groups (broad SMARTS) is 1. The molecule has 14 heavy (non-hydrogen) atoms. The molecule has 0 heterocycles. The van der Waals surface area contributed by atoms with Gasteiger partial charge in [-0.2, -0.15) is 0 Å². The third-order valence-electron chi connectivity index (χ3n) is 2.17. The van der Waals surface area contributed by atoms with Crippen molar-refractivity contribution in [2.45, 2.75) is 12.7 Å². The normalized spacial score (nSPS) is 13.6. The van der Waals surface area contributed by atoms with E-state index in [-0.39, 0.29) is 5.56 Å². The van der Waals surface area contributed by atoms with E-state index in [1.54, 1.807) is 18.2 Å². The van der Waals surface area contributed by atoms with Crippen LogP contribution < -0.4 is 0 Å². The van der Waals surface area contributed by atoms with E-state index >= 15 is 0 Å². The number of rotatable bonds is 3. The second-order valence-electron chi connectivity index (χ2n) is 3.15. The van der Waals surface area contributed by atoms with Crippen molar-refractivity contribution in [3.8, 4) is 0 Å². The number of hydrogen-bond donors (Lipinski definition) is 3. The molecular weight excluding hydrogens is 184 g/mol. The molecule has 0 aromatic heterocycles. The van der Waals surface area contributed by atoms with Crippen LogP contribution in [0.15, 0.2) is 30.3 Å². The summed E-state index contributed by atoms with van der Waals surface area (Å²) in [5, 5.41) is 27.9. The Morgan fingerprint density at radius 2 is 1.79 bits per heavy atom. The van der Waals surface area contributed by atoms with Crippen LogP contribution in [0.25, 0.3) is 0 Å². The van der Waals surface area contributed by atoms with Gasteiger partial charge in [-0.1, -0.05) is 30.3 Å². The summed E-state index contributed by atoms with van der Waals surface area (Å²) < 4.78 is 0. The van der Waals surface area contributed by atoms with Gasteiger partial charge in [-0.3, -0.25) is 4.79 Å². The molecule has 0 saturated heterocycles. The Balaban J connectivity index is 3.02. The van der Waals surface area contributed by atoms with E-state index in [2.05, 4.69) is 0 Å². The van der Waals surface area contributed by atoms with Crippen molar-refractivity contribution in [3.05, 3.63) is 35.9 Å². The molecule has 1 atom stereocenters. The maximum Gasteiger partial charge on any atom is 0.312 e. The predicted molar refractivity (Wildman–Crippen MR) is 49.4 cm³/mol. The van der Waals surface area contributed by atoms with Crippen LogP contribution in [0.1, 0.15) is 12.5 Å². The molecule has 0 aliphatic carbocycles. The van der Waals surface area contributed by atoms with Crippen LogP contribution in [0.3, 0.4) is 0 Å². The summed E-state index contributed by atoms with van der Waals surface area (Å²) in [6.07, 6.45) is 0. The molecular formula is C10H12O4. The molecule has 0 aliphatic rings. The summed E-state index contributed by atoms with van der Waals surface area (Å²) >= 11 is 0. The molecule has 0 aliphatic heterocycles. The first kappa shape index (κ1) is 10.7. The second kappa shape index (κ2) is 3.77. The van der Waals surface area contributed by atoms with Crippen LogP contribution in [0.2, 0.25) is 0 Å². The number of carbonyl (C=O) groups is 1. The predicted octanol–water partition coefficient (Wildman–Crippen LogP) is 0.545. The quantitative estimate of drug-likeness (QED) is 0.617. The van der Waals surface area contributed by atoms with Crippen molar-refractivity contribution in [3.63, 3.8) is 0 Å². The molecule has 0 fully saturated rings. The van der Waals surface area contributed by atoms with Crippen molar-refractivity contribution >= 4 is 5.97 Å². The molecule has 0 amide bonds. The van der Waals surface area contributed by atoms with Crippen LogP contribution in [-0.2, 0) is 10.6 Å². The van der Waals surface area contributed by atoms with Crippen molar-refractivity contribution in [1.82, 2.24) is 0 Å². The van der Waals surface area contributed by atoms with E-state index in [1.165, 1.54) is 19.1 Å². The van der Waals surface area contributed by atoms with Gasteiger partial charge in [0.2, 0.25) is 5.79 Å². The second-order valence-corrected chi connectivity index (χ2v) is 3.15. The van der Waals surface area contributed by atoms with Crippen LogP contribution in [-0.4, -0.2) is 21.3 Å². The van der Waals surface area contributed by atoms with Gasteiger partial charge in [-0.15, -0.1) is 0 Å². The number of aliphatic hydroxyl groups is 2. The Kier molecular flexibility index (Phi) is 2.88. The smallest absolute Gasteiger partial charge is 0.312 e. The lowest BCUT2D eigenvalue weighted by molar-refractivity contribution is -0.214. The zero-order chi connectivity index (χ0) is 10.8. The molecule has 1 aromatic rings. The number of carboxylic acids is 1. The summed E-state index contributed by atoms with van der Waals surface area (Å²) in [6.45, 7) is 1.25. The van der Waals surface area contributed by atoms with Gasteiger partial charge in [0.05, 0.1) is 0 Å². The van der Waals surface area contributed by atoms with Crippen molar-refractivity contribution in [2.24, 2.45) is 5.92 Å². The lowest BCUT2D eigenvalue weighted by Crippen LogP contribution is -2.37. The number of benzene rings is 1. The largest absolute Gasteiger partial charge is 0.481 e. The topological polar surface area (TPSA) is 77.8 Å². The van der Waals surface area contributed by atoms with Gasteiger partial charge in [-0.25, -0.2) is 0 Å². The van der Waals surface area contributed by atoms with Crippen LogP contribution in [0, 0.1) is 5.92 Å². The SMILES string of the molecule is CC(C(=O)O)C(O)(O)c1ccccc1. The number of hydrogen-bond acceptors (Lipinski definition) is 3. The average Bonchev–Trinajstić information content (AvgIpc) is 2.18. The highest BCUT2D eigenvalue weighted by atomic mass is 16.5. The molecule has 0 radical (unpaired) electrons. The molecule has 0 saturated carbocycles. The Morgan fingerprint density at radius 1 is 1.29 bits per heavy atom. The van der Waals surface area contributed by atoms with Gasteiger partial charge in [0.25, 0.3) is 0 Å². The first-order valence-electron chi connectivity index (χ1n) is 4.19. The lowest BCUT2D eigenvalue weighted by atomic mass is 9.93. The molecule has 0 spiro atoms. The van der Waals surface area contributed by atoms with E-state index in [1.807, 2.05) is 0 Å². The molecule has 1 aromatic carbocycles. The number of aliphatic carboxylic acids is 1. The van der Waals surface area contributed by atoms with E-state index in [0.717, 1.165) is 0 Å². The zero-order valence-electron chi connectivity index (χ0n) is 7.71. The standard InChI is InChI=1S/C10H12O4/c1-7(9(11)12)10(13,14)8-5-3-2-4-6-8/h2-7,13-14H,1H3,(H,11,12). The fourth-order valence-corrected chi connectivity index (χ4v) is 1.11. The molecule has 1 unspecified atom stereocenters. The monoisotopic (exact) mass is 196 g/mol. The summed E-state index contributed by atoms with van der Waals surface area (Å²) in [6, 6.07) is 7.89. The van der Waals surface area contributed by atoms with Crippen molar-refractivity contribution in [2.75, 3.05) is 0 Å². The summed E-state index contributed by atoms with van der Waals surface area (Å²) in [5.41, 5.74) is 0.176. The van der Waals surface area contributed by atoms with Crippen molar-refractivity contribution in [1.29, 1.82) is 0 Å². The zero-order valence-corrected chi connectivity index (χ0v) is 7.71. The van der Waals surface area contributed by atoms with Gasteiger partial charge >= 0.3 is 5.97 Å². The minimum atomic E-state index is -2.33. The summed E-state index contributed by atoms with van der Waals surface area (Å²) in [5.74, 6) is -4.85. The van der Waals surface area contributed by atoms with Gasteiger partial charge < -0.3 is 15.3 Å². The fourth-order valence-electron chi connectivity index (χ4n) is 1.11. The van der Waals surface area contributed by atoms with Crippen molar-refractivity contribution < 1.29 is 20.1 Å². The molecule has 0 bridgehead atoms. The van der Waals surface area contributed by atoms with Crippen LogP contribution in [0.5, 0.6) is 0 Å². The Hall–Kier alpha value is -1.39. The maximum absolute atomic E-state index is 10.6. The Morgan fingerprint density at radius 3 is 2.21 bits per heavy atom. The molecule has 4 heteroatoms. The molecule has 1 rings (SSSR count). The van der Waals surface area contributed by atoms with E-state index in [9.17, 15) is 15.0 Å². The first-order valence-corrected chi connectivity index (χ1v) is 4.19. The Labute approximate surface area is 81.4 Å². The lowest BCUT2D eigenvalue weighted by Gasteiger charge is -2.25. The minimum Gasteiger partial charge on any atom is -0.481 e. The Bertz CT molecular complexity index is 318. The highest BCUT2D eigenvalue weighted by Crippen LogP contribution is 2.26. The van der Waals surface area contributed by atoms with Gasteiger partial charge in [0.1, 0.15) is 5.92 Å². The van der Waals surface area contributed by atoms with Crippen LogP contribution in [0.4, 0.5) is 0 Å². The highest BCUT2D eigenvalue weighted by Gasteiger charge is 2.37. The summed E-state index contributed by atoms with van der Waals surface area (Å²) in [7, 11) is 0. The maximum atomic E-state index is 10.6. The first-order chi connectivity index (χ1) is 6.46. The fraction of sp³-hybridized carbons (Fsp3) is 0.300. The third kappa shape index (κ3) is 1.92. The van der Waals surface area contributed by atoms with Crippen LogP contribution >= 0.6 is 0 Å². The molecule has 76 valence electrons.